The van der Waals surface area contributed by atoms with Gasteiger partial charge in [-0.05, 0) is 31.2 Å². The molecule has 0 radical (unpaired) electrons. The molecule has 1 rings (SSSR count). The van der Waals surface area contributed by atoms with Crippen molar-refractivity contribution < 1.29 is 14.3 Å². The van der Waals surface area contributed by atoms with Crippen molar-refractivity contribution >= 4 is 5.91 Å². The van der Waals surface area contributed by atoms with E-state index in [1.54, 1.807) is 7.11 Å². The lowest BCUT2D eigenvalue weighted by atomic mass is 9.97. The zero-order valence-corrected chi connectivity index (χ0v) is 10.6. The maximum atomic E-state index is 11.3. The maximum Gasteiger partial charge on any atom is 0.246 e. The van der Waals surface area contributed by atoms with E-state index in [2.05, 4.69) is 5.32 Å². The van der Waals surface area contributed by atoms with Gasteiger partial charge in [-0.25, -0.2) is 0 Å². The highest BCUT2D eigenvalue weighted by molar-refractivity contribution is 5.77. The summed E-state index contributed by atoms with van der Waals surface area (Å²) in [5.41, 5.74) is 5.69. The molecule has 3 N–H and O–H groups in total. The summed E-state index contributed by atoms with van der Waals surface area (Å²) >= 11 is 0. The largest absolute Gasteiger partial charge is 0.383 e. The van der Waals surface area contributed by atoms with Gasteiger partial charge in [-0.15, -0.1) is 0 Å². The van der Waals surface area contributed by atoms with Gasteiger partial charge < -0.3 is 20.5 Å². The van der Waals surface area contributed by atoms with Gasteiger partial charge in [0.1, 0.15) is 6.61 Å². The minimum Gasteiger partial charge on any atom is -0.383 e. The molecular formula is C12H24N2O3. The highest BCUT2D eigenvalue weighted by atomic mass is 16.5. The van der Waals surface area contributed by atoms with E-state index in [0.717, 1.165) is 6.54 Å². The molecule has 1 aliphatic rings. The van der Waals surface area contributed by atoms with Crippen LogP contribution in [0.3, 0.4) is 0 Å². The molecule has 0 aliphatic heterocycles. The number of carbonyl (C=O) groups is 1. The van der Waals surface area contributed by atoms with Crippen molar-refractivity contribution in [3.05, 3.63) is 0 Å². The van der Waals surface area contributed by atoms with Crippen LogP contribution in [0.25, 0.3) is 0 Å². The SMILES string of the molecule is COCCNC(=O)COCC1CCCC1CN. The van der Waals surface area contributed by atoms with Gasteiger partial charge in [-0.1, -0.05) is 6.42 Å². The Morgan fingerprint density at radius 2 is 2.18 bits per heavy atom. The Labute approximate surface area is 103 Å². The van der Waals surface area contributed by atoms with Gasteiger partial charge in [0.25, 0.3) is 0 Å². The van der Waals surface area contributed by atoms with Crippen LogP contribution in [0.1, 0.15) is 19.3 Å². The van der Waals surface area contributed by atoms with Crippen LogP contribution in [0.15, 0.2) is 0 Å². The van der Waals surface area contributed by atoms with Crippen LogP contribution in [0.5, 0.6) is 0 Å². The summed E-state index contributed by atoms with van der Waals surface area (Å²) in [5.74, 6) is 1.03. The second-order valence-corrected chi connectivity index (χ2v) is 4.54. The quantitative estimate of drug-likeness (QED) is 0.596. The van der Waals surface area contributed by atoms with Crippen molar-refractivity contribution in [3.8, 4) is 0 Å². The third-order valence-corrected chi connectivity index (χ3v) is 3.31. The first-order chi connectivity index (χ1) is 8.27. The minimum absolute atomic E-state index is 0.0793. The number of carbonyl (C=O) groups excluding carboxylic acids is 1. The van der Waals surface area contributed by atoms with E-state index in [1.807, 2.05) is 0 Å². The Hall–Kier alpha value is -0.650. The predicted octanol–water partition coefficient (Wildman–Crippen LogP) is 0.141. The molecule has 0 bridgehead atoms. The highest BCUT2D eigenvalue weighted by Crippen LogP contribution is 2.30. The number of methoxy groups -OCH3 is 1. The molecule has 1 saturated carbocycles. The minimum atomic E-state index is -0.0793. The number of hydrogen-bond donors (Lipinski definition) is 2. The molecule has 100 valence electrons. The van der Waals surface area contributed by atoms with E-state index in [9.17, 15) is 4.79 Å². The van der Waals surface area contributed by atoms with E-state index in [0.29, 0.717) is 31.6 Å². The van der Waals surface area contributed by atoms with Crippen molar-refractivity contribution in [1.82, 2.24) is 5.32 Å². The zero-order valence-electron chi connectivity index (χ0n) is 10.6. The van der Waals surface area contributed by atoms with Crippen LogP contribution >= 0.6 is 0 Å². The predicted molar refractivity (Wildman–Crippen MR) is 65.6 cm³/mol. The van der Waals surface area contributed by atoms with Crippen LogP contribution in [-0.2, 0) is 14.3 Å². The average Bonchev–Trinajstić information content (AvgIpc) is 2.77. The molecule has 2 atom stereocenters. The summed E-state index contributed by atoms with van der Waals surface area (Å²) in [6.45, 7) is 2.59. The number of hydrogen-bond acceptors (Lipinski definition) is 4. The van der Waals surface area contributed by atoms with Crippen molar-refractivity contribution in [2.45, 2.75) is 19.3 Å². The van der Waals surface area contributed by atoms with Crippen molar-refractivity contribution in [2.75, 3.05) is 40.0 Å². The average molecular weight is 244 g/mol. The number of ether oxygens (including phenoxy) is 2. The molecule has 0 aromatic carbocycles. The van der Waals surface area contributed by atoms with Crippen LogP contribution < -0.4 is 11.1 Å². The fourth-order valence-electron chi connectivity index (χ4n) is 2.29. The van der Waals surface area contributed by atoms with Gasteiger partial charge >= 0.3 is 0 Å². The molecule has 1 aliphatic carbocycles. The van der Waals surface area contributed by atoms with Gasteiger partial charge in [0.05, 0.1) is 13.2 Å². The summed E-state index contributed by atoms with van der Waals surface area (Å²) < 4.78 is 10.3. The molecule has 2 unspecified atom stereocenters. The van der Waals surface area contributed by atoms with Crippen LogP contribution in [0.4, 0.5) is 0 Å². The second-order valence-electron chi connectivity index (χ2n) is 4.54. The van der Waals surface area contributed by atoms with Crippen LogP contribution in [0.2, 0.25) is 0 Å². The molecular weight excluding hydrogens is 220 g/mol. The van der Waals surface area contributed by atoms with Crippen molar-refractivity contribution in [1.29, 1.82) is 0 Å². The van der Waals surface area contributed by atoms with Gasteiger partial charge in [0.2, 0.25) is 5.91 Å². The van der Waals surface area contributed by atoms with Gasteiger partial charge in [0, 0.05) is 13.7 Å². The number of nitrogens with two attached hydrogens (primary N) is 1. The monoisotopic (exact) mass is 244 g/mol. The Morgan fingerprint density at radius 1 is 1.41 bits per heavy atom. The van der Waals surface area contributed by atoms with E-state index in [1.165, 1.54) is 19.3 Å². The van der Waals surface area contributed by atoms with Crippen molar-refractivity contribution in [2.24, 2.45) is 17.6 Å². The summed E-state index contributed by atoms with van der Waals surface area (Å²) in [6, 6.07) is 0. The zero-order chi connectivity index (χ0) is 12.5. The lowest BCUT2D eigenvalue weighted by Crippen LogP contribution is -2.31. The Bertz CT molecular complexity index is 224. The van der Waals surface area contributed by atoms with E-state index in [-0.39, 0.29) is 12.5 Å². The number of amides is 1. The van der Waals surface area contributed by atoms with Crippen molar-refractivity contribution in [3.63, 3.8) is 0 Å². The Balaban J connectivity index is 2.04. The fourth-order valence-corrected chi connectivity index (χ4v) is 2.29. The molecule has 1 amide bonds. The topological polar surface area (TPSA) is 73.6 Å². The standard InChI is InChI=1S/C12H24N2O3/c1-16-6-5-14-12(15)9-17-8-11-4-2-3-10(11)7-13/h10-11H,2-9,13H2,1H3,(H,14,15). The molecule has 17 heavy (non-hydrogen) atoms. The molecule has 0 spiro atoms. The second kappa shape index (κ2) is 8.44. The Kier molecular flexibility index (Phi) is 7.16. The summed E-state index contributed by atoms with van der Waals surface area (Å²) in [7, 11) is 1.61. The first kappa shape index (κ1) is 14.4. The lowest BCUT2D eigenvalue weighted by Gasteiger charge is -2.17. The molecule has 0 saturated heterocycles. The fraction of sp³-hybridized carbons (Fsp3) is 0.917. The molecule has 1 fully saturated rings. The molecule has 5 heteroatoms. The third-order valence-electron chi connectivity index (χ3n) is 3.31. The number of nitrogens with one attached hydrogen (secondary N) is 1. The van der Waals surface area contributed by atoms with E-state index < -0.39 is 0 Å². The van der Waals surface area contributed by atoms with Crippen LogP contribution in [0, 0.1) is 11.8 Å². The summed E-state index contributed by atoms with van der Waals surface area (Å²) in [4.78, 5) is 11.3. The molecule has 0 heterocycles. The van der Waals surface area contributed by atoms with E-state index >= 15 is 0 Å². The molecule has 0 aromatic heterocycles. The summed E-state index contributed by atoms with van der Waals surface area (Å²) in [5, 5.41) is 2.72. The normalized spacial score (nSPS) is 23.9. The lowest BCUT2D eigenvalue weighted by molar-refractivity contribution is -0.126. The summed E-state index contributed by atoms with van der Waals surface area (Å²) in [6.07, 6.45) is 3.60. The first-order valence-electron chi connectivity index (χ1n) is 6.31. The van der Waals surface area contributed by atoms with E-state index in [4.69, 9.17) is 15.2 Å². The van der Waals surface area contributed by atoms with Gasteiger partial charge in [-0.2, -0.15) is 0 Å². The van der Waals surface area contributed by atoms with Gasteiger partial charge in [0.15, 0.2) is 0 Å². The Morgan fingerprint density at radius 3 is 2.88 bits per heavy atom. The first-order valence-corrected chi connectivity index (χ1v) is 6.31. The highest BCUT2D eigenvalue weighted by Gasteiger charge is 2.26. The van der Waals surface area contributed by atoms with Gasteiger partial charge in [-0.3, -0.25) is 4.79 Å². The number of rotatable bonds is 8. The molecule has 0 aromatic rings. The van der Waals surface area contributed by atoms with Crippen LogP contribution in [-0.4, -0.2) is 45.9 Å². The third kappa shape index (κ3) is 5.48. The molecule has 5 nitrogen and oxygen atoms in total. The smallest absolute Gasteiger partial charge is 0.246 e. The maximum absolute atomic E-state index is 11.3.